The number of Topliss-reactive ketones (excluding diaryl/α,β-unsaturated/α-hetero) is 1. The number of hydrogen-bond acceptors (Lipinski definition) is 6. The van der Waals surface area contributed by atoms with Crippen molar-refractivity contribution in [2.24, 2.45) is 5.41 Å². The average molecular weight is 413 g/mol. The van der Waals surface area contributed by atoms with Crippen LogP contribution in [0, 0.1) is 5.41 Å². The fraction of sp³-hybridized carbons (Fsp3) is 0.500. The molecule has 6 nitrogen and oxygen atoms in total. The lowest BCUT2D eigenvalue weighted by molar-refractivity contribution is -0.118. The van der Waals surface area contributed by atoms with Gasteiger partial charge in [-0.25, -0.2) is 4.68 Å². The number of allylic oxidation sites excluding steroid dienone is 2. The van der Waals surface area contributed by atoms with Gasteiger partial charge in [-0.2, -0.15) is 4.98 Å². The number of rotatable bonds is 6. The number of carbonyl (C=O) groups is 1. The van der Waals surface area contributed by atoms with Crippen LogP contribution in [-0.2, 0) is 4.79 Å². The summed E-state index contributed by atoms with van der Waals surface area (Å²) in [6.07, 6.45) is 2.34. The van der Waals surface area contributed by atoms with E-state index in [0.717, 1.165) is 46.3 Å². The van der Waals surface area contributed by atoms with Crippen LogP contribution in [0.25, 0.3) is 0 Å². The van der Waals surface area contributed by atoms with Gasteiger partial charge in [0.15, 0.2) is 5.78 Å². The maximum Gasteiger partial charge on any atom is 0.227 e. The Morgan fingerprint density at radius 3 is 2.69 bits per heavy atom. The normalized spacial score (nSPS) is 20.1. The first-order valence-electron chi connectivity index (χ1n) is 10.3. The molecule has 1 aromatic heterocycles. The number of hydrogen-bond donors (Lipinski definition) is 1. The maximum atomic E-state index is 13.2. The second-order valence-corrected chi connectivity index (χ2v) is 9.60. The molecule has 7 heteroatoms. The number of carbonyl (C=O) groups excluding carboxylic acids is 1. The van der Waals surface area contributed by atoms with Crippen molar-refractivity contribution in [2.75, 3.05) is 17.7 Å². The van der Waals surface area contributed by atoms with E-state index in [1.54, 1.807) is 11.8 Å². The number of benzene rings is 1. The van der Waals surface area contributed by atoms with Crippen LogP contribution in [0.4, 0.5) is 5.95 Å². The van der Waals surface area contributed by atoms with E-state index in [0.29, 0.717) is 19.0 Å². The van der Waals surface area contributed by atoms with Gasteiger partial charge in [-0.05, 0) is 41.7 Å². The predicted molar refractivity (Wildman–Crippen MR) is 115 cm³/mol. The van der Waals surface area contributed by atoms with Gasteiger partial charge in [0.25, 0.3) is 0 Å². The molecule has 0 radical (unpaired) electrons. The fourth-order valence-electron chi connectivity index (χ4n) is 4.05. The van der Waals surface area contributed by atoms with Gasteiger partial charge in [0.2, 0.25) is 11.1 Å². The van der Waals surface area contributed by atoms with E-state index in [4.69, 9.17) is 9.84 Å². The maximum absolute atomic E-state index is 13.2. The van der Waals surface area contributed by atoms with E-state index in [-0.39, 0.29) is 17.2 Å². The number of nitrogens with zero attached hydrogens (tertiary/aromatic N) is 3. The fourth-order valence-corrected chi connectivity index (χ4v) is 4.61. The van der Waals surface area contributed by atoms with E-state index in [9.17, 15) is 4.79 Å². The van der Waals surface area contributed by atoms with Gasteiger partial charge in [-0.3, -0.25) is 4.79 Å². The molecule has 0 fully saturated rings. The van der Waals surface area contributed by atoms with Gasteiger partial charge in [-0.1, -0.05) is 51.6 Å². The highest BCUT2D eigenvalue weighted by Crippen LogP contribution is 2.45. The number of aromatic nitrogens is 3. The summed E-state index contributed by atoms with van der Waals surface area (Å²) in [4.78, 5) is 17.9. The summed E-state index contributed by atoms with van der Waals surface area (Å²) < 4.78 is 7.60. The van der Waals surface area contributed by atoms with E-state index >= 15 is 0 Å². The average Bonchev–Trinajstić information content (AvgIpc) is 3.06. The molecule has 0 unspecified atom stereocenters. The quantitative estimate of drug-likeness (QED) is 0.685. The summed E-state index contributed by atoms with van der Waals surface area (Å²) in [5, 5.41) is 8.86. The van der Waals surface area contributed by atoms with Gasteiger partial charge in [0.1, 0.15) is 11.8 Å². The molecule has 0 spiro atoms. The Labute approximate surface area is 176 Å². The van der Waals surface area contributed by atoms with Crippen molar-refractivity contribution in [3.63, 3.8) is 0 Å². The third kappa shape index (κ3) is 3.92. The molecule has 0 bridgehead atoms. The SMILES string of the molecule is CCCOc1ccc([C@H]2C3=C(CC(C)(C)CC3=O)Nc3nc(SCC)nn32)cc1. The standard InChI is InChI=1S/C22H28N4O2S/c1-5-11-28-15-9-7-14(8-10-15)19-18-16(12-22(3,4)13-17(18)27)23-20-24-21(29-6-2)25-26(19)20/h7-10,19H,5-6,11-13H2,1-4H3,(H,23,24,25)/t19-/m0/s1. The van der Waals surface area contributed by atoms with Crippen molar-refractivity contribution in [3.8, 4) is 5.75 Å². The molecular weight excluding hydrogens is 384 g/mol. The monoisotopic (exact) mass is 412 g/mol. The second-order valence-electron chi connectivity index (χ2n) is 8.37. The topological polar surface area (TPSA) is 69.0 Å². The highest BCUT2D eigenvalue weighted by molar-refractivity contribution is 7.99. The molecule has 4 rings (SSSR count). The van der Waals surface area contributed by atoms with Crippen LogP contribution in [0.2, 0.25) is 0 Å². The number of anilines is 1. The smallest absolute Gasteiger partial charge is 0.227 e. The lowest BCUT2D eigenvalue weighted by Gasteiger charge is -2.38. The minimum atomic E-state index is -0.260. The molecule has 1 aromatic carbocycles. The summed E-state index contributed by atoms with van der Waals surface area (Å²) in [6.45, 7) is 9.15. The molecule has 29 heavy (non-hydrogen) atoms. The lowest BCUT2D eigenvalue weighted by atomic mass is 9.73. The number of thioether (sulfide) groups is 1. The Hall–Kier alpha value is -2.28. The molecule has 1 atom stereocenters. The Kier molecular flexibility index (Phi) is 5.42. The molecule has 154 valence electrons. The molecule has 1 aliphatic carbocycles. The number of fused-ring (bicyclic) bond motifs is 1. The van der Waals surface area contributed by atoms with Gasteiger partial charge in [0.05, 0.1) is 6.61 Å². The summed E-state index contributed by atoms with van der Waals surface area (Å²) in [6, 6.07) is 7.77. The molecule has 0 saturated heterocycles. The number of ketones is 1. The summed E-state index contributed by atoms with van der Waals surface area (Å²) in [7, 11) is 0. The van der Waals surface area contributed by atoms with Gasteiger partial charge in [-0.15, -0.1) is 5.10 Å². The lowest BCUT2D eigenvalue weighted by Crippen LogP contribution is -2.36. The van der Waals surface area contributed by atoms with Crippen molar-refractivity contribution in [2.45, 2.75) is 58.2 Å². The van der Waals surface area contributed by atoms with E-state index in [1.165, 1.54) is 0 Å². The van der Waals surface area contributed by atoms with Gasteiger partial charge < -0.3 is 10.1 Å². The molecule has 2 aromatic rings. The summed E-state index contributed by atoms with van der Waals surface area (Å²) >= 11 is 1.60. The number of ether oxygens (including phenoxy) is 1. The molecule has 2 heterocycles. The zero-order valence-corrected chi connectivity index (χ0v) is 18.3. The van der Waals surface area contributed by atoms with Crippen LogP contribution in [-0.4, -0.2) is 32.9 Å². The van der Waals surface area contributed by atoms with Crippen LogP contribution >= 0.6 is 11.8 Å². The highest BCUT2D eigenvalue weighted by Gasteiger charge is 2.41. The van der Waals surface area contributed by atoms with Crippen LogP contribution in [0.15, 0.2) is 40.7 Å². The van der Waals surface area contributed by atoms with Crippen LogP contribution in [0.3, 0.4) is 0 Å². The molecular formula is C22H28N4O2S. The van der Waals surface area contributed by atoms with Crippen LogP contribution in [0.5, 0.6) is 5.75 Å². The Morgan fingerprint density at radius 1 is 1.24 bits per heavy atom. The minimum Gasteiger partial charge on any atom is -0.494 e. The second kappa shape index (κ2) is 7.86. The van der Waals surface area contributed by atoms with Crippen molar-refractivity contribution in [1.82, 2.24) is 14.8 Å². The van der Waals surface area contributed by atoms with Crippen molar-refractivity contribution < 1.29 is 9.53 Å². The zero-order valence-electron chi connectivity index (χ0n) is 17.5. The third-order valence-corrected chi connectivity index (χ3v) is 5.97. The molecule has 1 aliphatic heterocycles. The van der Waals surface area contributed by atoms with E-state index in [1.807, 2.05) is 28.9 Å². The molecule has 2 aliphatic rings. The van der Waals surface area contributed by atoms with Crippen LogP contribution < -0.4 is 10.1 Å². The number of nitrogens with one attached hydrogen (secondary N) is 1. The van der Waals surface area contributed by atoms with Crippen molar-refractivity contribution >= 4 is 23.5 Å². The Balaban J connectivity index is 1.78. The summed E-state index contributed by atoms with van der Waals surface area (Å²) in [5.41, 5.74) is 2.76. The first-order valence-corrected chi connectivity index (χ1v) is 11.3. The molecule has 1 N–H and O–H groups in total. The highest BCUT2D eigenvalue weighted by atomic mass is 32.2. The van der Waals surface area contributed by atoms with Crippen LogP contribution in [0.1, 0.15) is 58.6 Å². The van der Waals surface area contributed by atoms with Crippen molar-refractivity contribution in [1.29, 1.82) is 0 Å². The Bertz CT molecular complexity index is 946. The van der Waals surface area contributed by atoms with Crippen molar-refractivity contribution in [3.05, 3.63) is 41.1 Å². The summed E-state index contributed by atoms with van der Waals surface area (Å²) in [5.74, 6) is 2.64. The molecule has 0 amide bonds. The van der Waals surface area contributed by atoms with Gasteiger partial charge >= 0.3 is 0 Å². The minimum absolute atomic E-state index is 0.0610. The van der Waals surface area contributed by atoms with E-state index in [2.05, 4.69) is 38.0 Å². The van der Waals surface area contributed by atoms with Gasteiger partial charge in [0, 0.05) is 17.7 Å². The molecule has 0 saturated carbocycles. The first-order chi connectivity index (χ1) is 13.9. The van der Waals surface area contributed by atoms with E-state index < -0.39 is 0 Å². The Morgan fingerprint density at radius 2 is 2.00 bits per heavy atom. The largest absolute Gasteiger partial charge is 0.494 e. The first kappa shape index (κ1) is 20.0. The third-order valence-electron chi connectivity index (χ3n) is 5.25. The zero-order chi connectivity index (χ0) is 20.6. The predicted octanol–water partition coefficient (Wildman–Crippen LogP) is 4.84.